The zero-order valence-electron chi connectivity index (χ0n) is 13.8. The lowest BCUT2D eigenvalue weighted by atomic mass is 10.1. The molecule has 3 nitrogen and oxygen atoms in total. The van der Waals surface area contributed by atoms with Gasteiger partial charge < -0.3 is 10.6 Å². The molecule has 0 spiro atoms. The molecule has 1 aromatic rings. The lowest BCUT2D eigenvalue weighted by Crippen LogP contribution is -2.39. The minimum atomic E-state index is -0.184. The van der Waals surface area contributed by atoms with Crippen molar-refractivity contribution < 1.29 is 4.39 Å². The second-order valence-corrected chi connectivity index (χ2v) is 6.18. The zero-order chi connectivity index (χ0) is 15.7. The number of hydrogen-bond donors (Lipinski definition) is 2. The molecule has 126 valence electrons. The van der Waals surface area contributed by atoms with E-state index in [-0.39, 0.29) is 29.8 Å². The van der Waals surface area contributed by atoms with Crippen molar-refractivity contribution in [1.82, 2.24) is 10.6 Å². The van der Waals surface area contributed by atoms with Gasteiger partial charge in [0.05, 0.1) is 6.54 Å². The van der Waals surface area contributed by atoms with Crippen LogP contribution < -0.4 is 10.6 Å². The normalized spacial score (nSPS) is 11.3. The molecule has 0 atom stereocenters. The molecule has 0 bridgehead atoms. The van der Waals surface area contributed by atoms with Crippen molar-refractivity contribution in [3.05, 3.63) is 35.1 Å². The van der Waals surface area contributed by atoms with Crippen molar-refractivity contribution >= 4 is 41.7 Å². The van der Waals surface area contributed by atoms with Gasteiger partial charge in [0.2, 0.25) is 0 Å². The van der Waals surface area contributed by atoms with E-state index < -0.39 is 0 Å². The first-order valence-electron chi connectivity index (χ1n) is 7.35. The predicted octanol–water partition coefficient (Wildman–Crippen LogP) is 4.02. The van der Waals surface area contributed by atoms with Gasteiger partial charge in [-0.2, -0.15) is 11.8 Å². The number of rotatable bonds is 7. The number of halogens is 2. The van der Waals surface area contributed by atoms with E-state index in [1.165, 1.54) is 6.07 Å². The van der Waals surface area contributed by atoms with Gasteiger partial charge in [0.25, 0.3) is 0 Å². The van der Waals surface area contributed by atoms with Crippen molar-refractivity contribution in [2.24, 2.45) is 10.9 Å². The monoisotopic (exact) mass is 439 g/mol. The van der Waals surface area contributed by atoms with E-state index in [9.17, 15) is 4.39 Å². The molecule has 22 heavy (non-hydrogen) atoms. The molecule has 0 saturated heterocycles. The highest BCUT2D eigenvalue weighted by atomic mass is 127. The molecular weight excluding hydrogens is 412 g/mol. The average Bonchev–Trinajstić information content (AvgIpc) is 2.43. The van der Waals surface area contributed by atoms with Crippen molar-refractivity contribution in [3.63, 3.8) is 0 Å². The van der Waals surface area contributed by atoms with E-state index in [2.05, 4.69) is 29.5 Å². The fraction of sp³-hybridized carbons (Fsp3) is 0.562. The van der Waals surface area contributed by atoms with Gasteiger partial charge in [-0.25, -0.2) is 9.38 Å². The van der Waals surface area contributed by atoms with Crippen LogP contribution >= 0.6 is 35.7 Å². The highest BCUT2D eigenvalue weighted by molar-refractivity contribution is 14.0. The summed E-state index contributed by atoms with van der Waals surface area (Å²) in [5, 5.41) is 6.54. The summed E-state index contributed by atoms with van der Waals surface area (Å²) in [6, 6.07) is 4.94. The first-order valence-corrected chi connectivity index (χ1v) is 8.74. The molecule has 0 unspecified atom stereocenters. The third-order valence-corrected chi connectivity index (χ3v) is 3.50. The molecule has 0 aromatic heterocycles. The quantitative estimate of drug-likeness (QED) is 0.383. The van der Waals surface area contributed by atoms with Crippen LogP contribution in [-0.2, 0) is 12.3 Å². The Bertz CT molecular complexity index is 467. The minimum Gasteiger partial charge on any atom is -0.357 e. The highest BCUT2D eigenvalue weighted by Crippen LogP contribution is 2.17. The Labute approximate surface area is 155 Å². The number of benzene rings is 1. The van der Waals surface area contributed by atoms with Crippen LogP contribution in [0.15, 0.2) is 23.2 Å². The summed E-state index contributed by atoms with van der Waals surface area (Å²) in [7, 11) is 0. The van der Waals surface area contributed by atoms with Crippen LogP contribution in [-0.4, -0.2) is 25.3 Å². The molecule has 0 aliphatic heterocycles. The van der Waals surface area contributed by atoms with Crippen molar-refractivity contribution in [2.45, 2.75) is 33.1 Å². The van der Waals surface area contributed by atoms with Crippen LogP contribution in [0.5, 0.6) is 0 Å². The molecule has 0 aliphatic carbocycles. The van der Waals surface area contributed by atoms with Crippen LogP contribution in [0.25, 0.3) is 0 Å². The smallest absolute Gasteiger partial charge is 0.191 e. The summed E-state index contributed by atoms with van der Waals surface area (Å²) in [4.78, 5) is 4.59. The van der Waals surface area contributed by atoms with Crippen LogP contribution in [0.4, 0.5) is 4.39 Å². The van der Waals surface area contributed by atoms with Crippen molar-refractivity contribution in [2.75, 3.05) is 19.3 Å². The van der Waals surface area contributed by atoms with E-state index in [0.717, 1.165) is 35.9 Å². The fourth-order valence-corrected chi connectivity index (χ4v) is 2.43. The van der Waals surface area contributed by atoms with E-state index in [0.29, 0.717) is 12.5 Å². The maximum absolute atomic E-state index is 13.3. The van der Waals surface area contributed by atoms with Crippen LogP contribution in [0.3, 0.4) is 0 Å². The molecule has 0 saturated carbocycles. The lowest BCUT2D eigenvalue weighted by Gasteiger charge is -2.13. The van der Waals surface area contributed by atoms with Gasteiger partial charge in [0, 0.05) is 18.8 Å². The van der Waals surface area contributed by atoms with Crippen LogP contribution in [0.1, 0.15) is 31.9 Å². The van der Waals surface area contributed by atoms with Gasteiger partial charge in [-0.3, -0.25) is 0 Å². The Morgan fingerprint density at radius 2 is 2.00 bits per heavy atom. The topological polar surface area (TPSA) is 36.4 Å². The highest BCUT2D eigenvalue weighted by Gasteiger charge is 2.05. The van der Waals surface area contributed by atoms with E-state index in [1.54, 1.807) is 17.8 Å². The molecule has 0 heterocycles. The van der Waals surface area contributed by atoms with Gasteiger partial charge in [0.1, 0.15) is 5.82 Å². The molecule has 0 aliphatic rings. The van der Waals surface area contributed by atoms with Gasteiger partial charge in [-0.05, 0) is 42.4 Å². The minimum absolute atomic E-state index is 0. The van der Waals surface area contributed by atoms with Crippen LogP contribution in [0.2, 0.25) is 0 Å². The molecule has 0 radical (unpaired) electrons. The molecular formula is C16H27FIN3S. The first kappa shape index (κ1) is 21.5. The summed E-state index contributed by atoms with van der Waals surface area (Å²) in [6.07, 6.45) is 2.02. The summed E-state index contributed by atoms with van der Waals surface area (Å²) in [5.41, 5.74) is 2.10. The second kappa shape index (κ2) is 12.0. The number of nitrogens with zero attached hydrogens (tertiary/aromatic N) is 1. The first-order chi connectivity index (χ1) is 10.1. The third-order valence-electron chi connectivity index (χ3n) is 2.90. The number of guanidine groups is 1. The number of aliphatic imine (C=N–C) groups is 1. The number of nitrogens with one attached hydrogen (secondary N) is 2. The molecule has 1 aromatic carbocycles. The molecule has 0 fully saturated rings. The van der Waals surface area contributed by atoms with Crippen molar-refractivity contribution in [3.8, 4) is 0 Å². The van der Waals surface area contributed by atoms with Crippen molar-refractivity contribution in [1.29, 1.82) is 0 Å². The second-order valence-electron chi connectivity index (χ2n) is 5.32. The zero-order valence-corrected chi connectivity index (χ0v) is 16.9. The van der Waals surface area contributed by atoms with Crippen LogP contribution in [0, 0.1) is 11.7 Å². The fourth-order valence-electron chi connectivity index (χ4n) is 1.85. The van der Waals surface area contributed by atoms with Gasteiger partial charge >= 0.3 is 0 Å². The van der Waals surface area contributed by atoms with E-state index in [4.69, 9.17) is 0 Å². The summed E-state index contributed by atoms with van der Waals surface area (Å²) >= 11 is 1.69. The van der Waals surface area contributed by atoms with Gasteiger partial charge in [-0.1, -0.05) is 19.9 Å². The van der Waals surface area contributed by atoms with Gasteiger partial charge in [-0.15, -0.1) is 24.0 Å². The number of hydrogen-bond acceptors (Lipinski definition) is 2. The van der Waals surface area contributed by atoms with E-state index in [1.807, 2.05) is 19.2 Å². The predicted molar refractivity (Wildman–Crippen MR) is 107 cm³/mol. The Balaban J connectivity index is 0.00000441. The molecule has 2 N–H and O–H groups in total. The molecule has 0 amide bonds. The summed E-state index contributed by atoms with van der Waals surface area (Å²) < 4.78 is 13.3. The summed E-state index contributed by atoms with van der Waals surface area (Å²) in [6.45, 7) is 8.63. The maximum atomic E-state index is 13.3. The van der Waals surface area contributed by atoms with E-state index >= 15 is 0 Å². The molecule has 6 heteroatoms. The average molecular weight is 439 g/mol. The summed E-state index contributed by atoms with van der Waals surface area (Å²) in [5.74, 6) is 1.99. The third kappa shape index (κ3) is 8.22. The SMILES string of the molecule is CCNC(=NCc1ccc(F)cc1CSC)NCC(C)C.I. The number of thioether (sulfide) groups is 1. The maximum Gasteiger partial charge on any atom is 0.191 e. The standard InChI is InChI=1S/C16H26FN3S.HI/c1-5-18-16(19-9-12(2)3)20-10-13-6-7-15(17)8-14(13)11-21-4;/h6-8,12H,5,9-11H2,1-4H3,(H2,18,19,20);1H. The van der Waals surface area contributed by atoms with Gasteiger partial charge in [0.15, 0.2) is 5.96 Å². The Hall–Kier alpha value is -0.500. The lowest BCUT2D eigenvalue weighted by molar-refractivity contribution is 0.614. The largest absolute Gasteiger partial charge is 0.357 e. The Kier molecular flexibility index (Phi) is 11.7. The Morgan fingerprint density at radius 3 is 2.59 bits per heavy atom. The molecule has 1 rings (SSSR count). The Morgan fingerprint density at radius 1 is 1.27 bits per heavy atom.